The molecule has 0 spiro atoms. The van der Waals surface area contributed by atoms with E-state index < -0.39 is 17.7 Å². The lowest BCUT2D eigenvalue weighted by Gasteiger charge is -2.27. The van der Waals surface area contributed by atoms with Gasteiger partial charge >= 0.3 is 0 Å². The van der Waals surface area contributed by atoms with Crippen molar-refractivity contribution in [1.29, 1.82) is 0 Å². The van der Waals surface area contributed by atoms with E-state index in [4.69, 9.17) is 4.74 Å². The third-order valence-electron chi connectivity index (χ3n) is 5.92. The molecule has 33 heavy (non-hydrogen) atoms. The fourth-order valence-corrected chi connectivity index (χ4v) is 4.86. The van der Waals surface area contributed by atoms with Gasteiger partial charge in [-0.1, -0.05) is 33.8 Å². The van der Waals surface area contributed by atoms with Gasteiger partial charge < -0.3 is 19.6 Å². The van der Waals surface area contributed by atoms with E-state index in [-0.39, 0.29) is 11.3 Å². The number of ether oxygens (including phenoxy) is 1. The second-order valence-corrected chi connectivity index (χ2v) is 9.70. The van der Waals surface area contributed by atoms with Crippen LogP contribution >= 0.6 is 11.3 Å². The number of aryl methyl sites for hydroxylation is 1. The Kier molecular flexibility index (Phi) is 8.32. The number of ketones is 1. The smallest absolute Gasteiger partial charge is 0.295 e. The molecule has 1 aliphatic rings. The van der Waals surface area contributed by atoms with Gasteiger partial charge in [-0.15, -0.1) is 11.3 Å². The molecule has 2 aromatic rings. The summed E-state index contributed by atoms with van der Waals surface area (Å²) in [5, 5.41) is 13.2. The average molecular weight is 471 g/mol. The number of benzene rings is 1. The van der Waals surface area contributed by atoms with Crippen LogP contribution in [0.15, 0.2) is 41.3 Å². The molecular weight excluding hydrogens is 436 g/mol. The fraction of sp³-hybridized carbons (Fsp3) is 0.462. The number of thiophene rings is 1. The van der Waals surface area contributed by atoms with Gasteiger partial charge in [-0.05, 0) is 61.1 Å². The molecule has 3 rings (SSSR count). The van der Waals surface area contributed by atoms with Crippen LogP contribution in [0.2, 0.25) is 0 Å². The van der Waals surface area contributed by atoms with Crippen molar-refractivity contribution in [1.82, 2.24) is 9.80 Å². The van der Waals surface area contributed by atoms with Gasteiger partial charge in [0.25, 0.3) is 11.7 Å². The zero-order valence-electron chi connectivity index (χ0n) is 20.1. The van der Waals surface area contributed by atoms with Crippen LogP contribution in [0.25, 0.3) is 5.76 Å². The van der Waals surface area contributed by atoms with Crippen LogP contribution in [0.5, 0.6) is 5.75 Å². The molecular formula is C26H34N2O4S. The molecule has 1 saturated heterocycles. The molecule has 178 valence electrons. The Hall–Kier alpha value is -2.64. The number of carbonyl (C=O) groups is 2. The number of carbonyl (C=O) groups excluding carboxylic acids is 2. The zero-order valence-corrected chi connectivity index (χ0v) is 20.9. The van der Waals surface area contributed by atoms with E-state index in [9.17, 15) is 14.7 Å². The van der Waals surface area contributed by atoms with Crippen molar-refractivity contribution in [2.24, 2.45) is 5.92 Å². The summed E-state index contributed by atoms with van der Waals surface area (Å²) in [7, 11) is 0. The van der Waals surface area contributed by atoms with Gasteiger partial charge in [0.1, 0.15) is 11.5 Å². The fourth-order valence-electron chi connectivity index (χ4n) is 4.01. The van der Waals surface area contributed by atoms with Gasteiger partial charge in [0.15, 0.2) is 0 Å². The summed E-state index contributed by atoms with van der Waals surface area (Å²) >= 11 is 1.48. The van der Waals surface area contributed by atoms with E-state index in [2.05, 4.69) is 32.6 Å². The van der Waals surface area contributed by atoms with Gasteiger partial charge in [-0.2, -0.15) is 0 Å². The number of aliphatic hydroxyl groups is 1. The maximum Gasteiger partial charge on any atom is 0.295 e. The number of hydrogen-bond donors (Lipinski definition) is 1. The number of amides is 1. The van der Waals surface area contributed by atoms with Crippen LogP contribution in [0.1, 0.15) is 49.7 Å². The standard InChI is InChI=1S/C26H34N2O4S/c1-6-27(7-2)12-13-28-23(21-9-8-14-33-21)22(25(30)26(28)31)24(29)19-10-11-20(18(5)15-19)32-16-17(3)4/h8-11,14-15,17,23,29H,6-7,12-13,16H2,1-5H3/t23-/m1/s1. The van der Waals surface area contributed by atoms with Crippen molar-refractivity contribution in [2.75, 3.05) is 32.8 Å². The third-order valence-corrected chi connectivity index (χ3v) is 6.85. The van der Waals surface area contributed by atoms with Crippen LogP contribution in [-0.4, -0.2) is 59.4 Å². The molecule has 1 amide bonds. The van der Waals surface area contributed by atoms with Crippen molar-refractivity contribution in [2.45, 2.75) is 40.7 Å². The van der Waals surface area contributed by atoms with Crippen molar-refractivity contribution in [3.05, 3.63) is 57.3 Å². The number of Topliss-reactive ketones (excluding diaryl/α,β-unsaturated/α-hetero) is 1. The summed E-state index contributed by atoms with van der Waals surface area (Å²) in [6.45, 7) is 13.7. The highest BCUT2D eigenvalue weighted by molar-refractivity contribution is 7.10. The molecule has 1 N–H and O–H groups in total. The molecule has 1 aliphatic heterocycles. The summed E-state index contributed by atoms with van der Waals surface area (Å²) in [6, 6.07) is 8.58. The minimum absolute atomic E-state index is 0.143. The first-order valence-corrected chi connectivity index (χ1v) is 12.4. The number of rotatable bonds is 10. The summed E-state index contributed by atoms with van der Waals surface area (Å²) < 4.78 is 5.84. The normalized spacial score (nSPS) is 18.0. The molecule has 0 saturated carbocycles. The monoisotopic (exact) mass is 470 g/mol. The first-order valence-electron chi connectivity index (χ1n) is 11.6. The first-order chi connectivity index (χ1) is 15.8. The predicted octanol–water partition coefficient (Wildman–Crippen LogP) is 4.85. The molecule has 0 radical (unpaired) electrons. The highest BCUT2D eigenvalue weighted by atomic mass is 32.1. The van der Waals surface area contributed by atoms with Crippen LogP contribution < -0.4 is 4.74 Å². The highest BCUT2D eigenvalue weighted by Gasteiger charge is 2.46. The molecule has 6 nitrogen and oxygen atoms in total. The topological polar surface area (TPSA) is 70.1 Å². The first kappa shape index (κ1) is 25.0. The molecule has 1 atom stereocenters. The van der Waals surface area contributed by atoms with Gasteiger partial charge in [-0.25, -0.2) is 0 Å². The Morgan fingerprint density at radius 3 is 2.52 bits per heavy atom. The van der Waals surface area contributed by atoms with Gasteiger partial charge in [0, 0.05) is 23.5 Å². The van der Waals surface area contributed by atoms with E-state index >= 15 is 0 Å². The number of hydrogen-bond acceptors (Lipinski definition) is 6. The maximum absolute atomic E-state index is 13.1. The SMILES string of the molecule is CCN(CC)CCN1C(=O)C(=O)C(=C(O)c2ccc(OCC(C)C)c(C)c2)[C@H]1c1cccs1. The predicted molar refractivity (Wildman–Crippen MR) is 133 cm³/mol. The molecule has 1 aromatic carbocycles. The summed E-state index contributed by atoms with van der Waals surface area (Å²) in [5.41, 5.74) is 1.52. The van der Waals surface area contributed by atoms with Crippen molar-refractivity contribution in [3.8, 4) is 5.75 Å². The van der Waals surface area contributed by atoms with E-state index in [0.717, 1.165) is 29.3 Å². The summed E-state index contributed by atoms with van der Waals surface area (Å²) in [5.74, 6) is -0.195. The number of likely N-dealkylation sites (N-methyl/N-ethyl adjacent to an activating group) is 1. The Bertz CT molecular complexity index is 1010. The van der Waals surface area contributed by atoms with Crippen LogP contribution in [0.3, 0.4) is 0 Å². The molecule has 1 aromatic heterocycles. The lowest BCUT2D eigenvalue weighted by atomic mass is 9.98. The molecule has 7 heteroatoms. The molecule has 1 fully saturated rings. The average Bonchev–Trinajstić information content (AvgIpc) is 3.40. The van der Waals surface area contributed by atoms with Crippen LogP contribution in [0, 0.1) is 12.8 Å². The van der Waals surface area contributed by atoms with E-state index in [1.807, 2.05) is 30.5 Å². The Morgan fingerprint density at radius 1 is 1.21 bits per heavy atom. The van der Waals surface area contributed by atoms with E-state index in [0.29, 0.717) is 31.2 Å². The molecule has 0 unspecified atom stereocenters. The lowest BCUT2D eigenvalue weighted by molar-refractivity contribution is -0.140. The van der Waals surface area contributed by atoms with Gasteiger partial charge in [0.05, 0.1) is 18.2 Å². The Labute approximate surface area is 200 Å². The second kappa shape index (κ2) is 11.0. The molecule has 2 heterocycles. The number of aliphatic hydroxyl groups excluding tert-OH is 1. The molecule has 0 aliphatic carbocycles. The largest absolute Gasteiger partial charge is 0.507 e. The van der Waals surface area contributed by atoms with Gasteiger partial charge in [-0.3, -0.25) is 9.59 Å². The Morgan fingerprint density at radius 2 is 1.94 bits per heavy atom. The van der Waals surface area contributed by atoms with Crippen molar-refractivity contribution in [3.63, 3.8) is 0 Å². The molecule has 0 bridgehead atoms. The number of nitrogens with zero attached hydrogens (tertiary/aromatic N) is 2. The van der Waals surface area contributed by atoms with Gasteiger partial charge in [0.2, 0.25) is 0 Å². The third kappa shape index (κ3) is 5.47. The van der Waals surface area contributed by atoms with Crippen LogP contribution in [0.4, 0.5) is 0 Å². The van der Waals surface area contributed by atoms with Crippen LogP contribution in [-0.2, 0) is 9.59 Å². The second-order valence-electron chi connectivity index (χ2n) is 8.72. The zero-order chi connectivity index (χ0) is 24.1. The maximum atomic E-state index is 13.1. The Balaban J connectivity index is 1.99. The number of likely N-dealkylation sites (tertiary alicyclic amines) is 1. The minimum atomic E-state index is -0.636. The van der Waals surface area contributed by atoms with E-state index in [1.165, 1.54) is 11.3 Å². The highest BCUT2D eigenvalue weighted by Crippen LogP contribution is 2.41. The summed E-state index contributed by atoms with van der Waals surface area (Å²) in [4.78, 5) is 30.8. The van der Waals surface area contributed by atoms with Crippen molar-refractivity contribution >= 4 is 28.8 Å². The quantitative estimate of drug-likeness (QED) is 0.305. The minimum Gasteiger partial charge on any atom is -0.507 e. The van der Waals surface area contributed by atoms with E-state index in [1.54, 1.807) is 17.0 Å². The van der Waals surface area contributed by atoms with Crippen molar-refractivity contribution < 1.29 is 19.4 Å². The lowest BCUT2D eigenvalue weighted by Crippen LogP contribution is -2.37. The summed E-state index contributed by atoms with van der Waals surface area (Å²) in [6.07, 6.45) is 0.